The van der Waals surface area contributed by atoms with Crippen molar-refractivity contribution in [2.75, 3.05) is 24.4 Å². The first-order valence-corrected chi connectivity index (χ1v) is 5.54. The van der Waals surface area contributed by atoms with E-state index < -0.39 is 0 Å². The molecule has 0 aliphatic heterocycles. The highest BCUT2D eigenvalue weighted by Crippen LogP contribution is 2.26. The summed E-state index contributed by atoms with van der Waals surface area (Å²) in [6, 6.07) is 0. The van der Waals surface area contributed by atoms with Gasteiger partial charge in [-0.25, -0.2) is 0 Å². The second kappa shape index (κ2) is 5.56. The van der Waals surface area contributed by atoms with Gasteiger partial charge in [-0.1, -0.05) is 38.8 Å². The van der Waals surface area contributed by atoms with Crippen molar-refractivity contribution in [3.8, 4) is 0 Å². The van der Waals surface area contributed by atoms with Crippen molar-refractivity contribution < 1.29 is 4.74 Å². The van der Waals surface area contributed by atoms with Crippen LogP contribution in [0, 0.1) is 5.41 Å². The monoisotopic (exact) mass is 272 g/mol. The van der Waals surface area contributed by atoms with Gasteiger partial charge in [-0.3, -0.25) is 0 Å². The van der Waals surface area contributed by atoms with Crippen LogP contribution in [0.5, 0.6) is 0 Å². The van der Waals surface area contributed by atoms with E-state index in [2.05, 4.69) is 38.8 Å². The lowest BCUT2D eigenvalue weighted by Gasteiger charge is -2.23. The fourth-order valence-electron chi connectivity index (χ4n) is 0.518. The average molecular weight is 274 g/mol. The summed E-state index contributed by atoms with van der Waals surface area (Å²) in [6.07, 6.45) is 1.10. The zero-order chi connectivity index (χ0) is 8.04. The van der Waals surface area contributed by atoms with Crippen LogP contribution in [-0.4, -0.2) is 24.4 Å². The molecule has 0 radical (unpaired) electrons. The van der Waals surface area contributed by atoms with Gasteiger partial charge in [-0.15, -0.1) is 0 Å². The Morgan fingerprint density at radius 3 is 2.10 bits per heavy atom. The smallest absolute Gasteiger partial charge is 0.0468 e. The highest BCUT2D eigenvalue weighted by atomic mass is 79.9. The fraction of sp³-hybridized carbons (Fsp3) is 1.00. The Morgan fingerprint density at radius 1 is 1.30 bits per heavy atom. The normalized spacial score (nSPS) is 12.0. The number of rotatable bonds is 5. The summed E-state index contributed by atoms with van der Waals surface area (Å²) in [7, 11) is 1.74. The van der Waals surface area contributed by atoms with Crippen LogP contribution in [0.15, 0.2) is 0 Å². The SMILES string of the molecule is COCCC(C)(CBr)CBr. The van der Waals surface area contributed by atoms with Crippen molar-refractivity contribution in [1.29, 1.82) is 0 Å². The Labute approximate surface area is 79.8 Å². The van der Waals surface area contributed by atoms with Crippen molar-refractivity contribution in [2.45, 2.75) is 13.3 Å². The minimum absolute atomic E-state index is 0.343. The molecule has 0 fully saturated rings. The molecule has 0 atom stereocenters. The lowest BCUT2D eigenvalue weighted by atomic mass is 9.93. The van der Waals surface area contributed by atoms with E-state index in [1.54, 1.807) is 7.11 Å². The summed E-state index contributed by atoms with van der Waals surface area (Å²) in [4.78, 5) is 0. The third-order valence-electron chi connectivity index (χ3n) is 1.55. The van der Waals surface area contributed by atoms with E-state index in [1.165, 1.54) is 0 Å². The van der Waals surface area contributed by atoms with Crippen LogP contribution in [0.1, 0.15) is 13.3 Å². The molecule has 0 amide bonds. The van der Waals surface area contributed by atoms with E-state index in [1.807, 2.05) is 0 Å². The van der Waals surface area contributed by atoms with E-state index in [9.17, 15) is 0 Å². The summed E-state index contributed by atoms with van der Waals surface area (Å²) < 4.78 is 5.00. The first kappa shape index (κ1) is 10.9. The molecule has 1 nitrogen and oxygen atoms in total. The third kappa shape index (κ3) is 3.94. The second-order valence-corrected chi connectivity index (χ2v) is 3.94. The van der Waals surface area contributed by atoms with E-state index in [0.717, 1.165) is 23.7 Å². The number of hydrogen-bond acceptors (Lipinski definition) is 1. The molecule has 0 aliphatic carbocycles. The van der Waals surface area contributed by atoms with Gasteiger partial charge in [0.05, 0.1) is 0 Å². The maximum atomic E-state index is 5.00. The Morgan fingerprint density at radius 2 is 1.80 bits per heavy atom. The van der Waals surface area contributed by atoms with Crippen molar-refractivity contribution >= 4 is 31.9 Å². The highest BCUT2D eigenvalue weighted by molar-refractivity contribution is 9.09. The zero-order valence-electron chi connectivity index (χ0n) is 6.49. The molecule has 0 aromatic rings. The molecule has 0 N–H and O–H groups in total. The van der Waals surface area contributed by atoms with Gasteiger partial charge in [-0.2, -0.15) is 0 Å². The molecular formula is C7H14Br2O. The molecule has 0 aromatic heterocycles. The van der Waals surface area contributed by atoms with Gasteiger partial charge in [-0.05, 0) is 11.8 Å². The molecule has 0 saturated carbocycles. The minimum Gasteiger partial charge on any atom is -0.385 e. The fourth-order valence-corrected chi connectivity index (χ4v) is 2.01. The number of halogens is 2. The lowest BCUT2D eigenvalue weighted by Crippen LogP contribution is -2.21. The van der Waals surface area contributed by atoms with Crippen LogP contribution < -0.4 is 0 Å². The van der Waals surface area contributed by atoms with Crippen LogP contribution >= 0.6 is 31.9 Å². The summed E-state index contributed by atoms with van der Waals surface area (Å²) >= 11 is 6.95. The second-order valence-electron chi connectivity index (χ2n) is 2.82. The van der Waals surface area contributed by atoms with E-state index >= 15 is 0 Å². The van der Waals surface area contributed by atoms with Crippen molar-refractivity contribution in [3.63, 3.8) is 0 Å². The molecule has 0 unspecified atom stereocenters. The maximum Gasteiger partial charge on any atom is 0.0468 e. The first-order valence-electron chi connectivity index (χ1n) is 3.29. The Bertz CT molecular complexity index is 81.7. The molecule has 0 aromatic carbocycles. The van der Waals surface area contributed by atoms with E-state index in [0.29, 0.717) is 5.41 Å². The van der Waals surface area contributed by atoms with Gasteiger partial charge in [0, 0.05) is 24.4 Å². The van der Waals surface area contributed by atoms with Crippen LogP contribution in [0.2, 0.25) is 0 Å². The molecule has 0 aliphatic rings. The Balaban J connectivity index is 3.58. The van der Waals surface area contributed by atoms with Crippen LogP contribution in [0.25, 0.3) is 0 Å². The molecule has 62 valence electrons. The summed E-state index contributed by atoms with van der Waals surface area (Å²) in [6.45, 7) is 3.07. The summed E-state index contributed by atoms with van der Waals surface area (Å²) in [5, 5.41) is 2.04. The number of methoxy groups -OCH3 is 1. The predicted molar refractivity (Wildman–Crippen MR) is 52.2 cm³/mol. The van der Waals surface area contributed by atoms with Gasteiger partial charge in [0.2, 0.25) is 0 Å². The molecular weight excluding hydrogens is 260 g/mol. The molecule has 0 spiro atoms. The summed E-state index contributed by atoms with van der Waals surface area (Å²) in [5.41, 5.74) is 0.343. The highest BCUT2D eigenvalue weighted by Gasteiger charge is 2.20. The first-order chi connectivity index (χ1) is 4.68. The summed E-state index contributed by atoms with van der Waals surface area (Å²) in [5.74, 6) is 0. The molecule has 3 heteroatoms. The maximum absolute atomic E-state index is 5.00. The van der Waals surface area contributed by atoms with Crippen LogP contribution in [0.4, 0.5) is 0 Å². The standard InChI is InChI=1S/C7H14Br2O/c1-7(5-8,6-9)3-4-10-2/h3-6H2,1-2H3. The van der Waals surface area contributed by atoms with Gasteiger partial charge in [0.25, 0.3) is 0 Å². The predicted octanol–water partition coefficient (Wildman–Crippen LogP) is 2.82. The van der Waals surface area contributed by atoms with Gasteiger partial charge >= 0.3 is 0 Å². The van der Waals surface area contributed by atoms with Gasteiger partial charge < -0.3 is 4.74 Å². The van der Waals surface area contributed by atoms with Crippen LogP contribution in [-0.2, 0) is 4.74 Å². The number of alkyl halides is 2. The molecule has 10 heavy (non-hydrogen) atoms. The zero-order valence-corrected chi connectivity index (χ0v) is 9.66. The van der Waals surface area contributed by atoms with Crippen molar-refractivity contribution in [1.82, 2.24) is 0 Å². The molecule has 0 heterocycles. The largest absolute Gasteiger partial charge is 0.385 e. The lowest BCUT2D eigenvalue weighted by molar-refractivity contribution is 0.163. The quantitative estimate of drug-likeness (QED) is 0.700. The average Bonchev–Trinajstić information content (AvgIpc) is 2.00. The molecule has 0 rings (SSSR count). The Hall–Kier alpha value is 0.920. The van der Waals surface area contributed by atoms with Gasteiger partial charge in [0.15, 0.2) is 0 Å². The number of hydrogen-bond donors (Lipinski definition) is 0. The van der Waals surface area contributed by atoms with Crippen LogP contribution in [0.3, 0.4) is 0 Å². The Kier molecular flexibility index (Phi) is 6.07. The number of ether oxygens (including phenoxy) is 1. The van der Waals surface area contributed by atoms with Crippen molar-refractivity contribution in [2.24, 2.45) is 5.41 Å². The van der Waals surface area contributed by atoms with Gasteiger partial charge in [0.1, 0.15) is 0 Å². The van der Waals surface area contributed by atoms with E-state index in [4.69, 9.17) is 4.74 Å². The van der Waals surface area contributed by atoms with E-state index in [-0.39, 0.29) is 0 Å². The topological polar surface area (TPSA) is 9.23 Å². The molecule has 0 saturated heterocycles. The minimum atomic E-state index is 0.343. The molecule has 0 bridgehead atoms. The third-order valence-corrected chi connectivity index (χ3v) is 4.26. The van der Waals surface area contributed by atoms with Crippen molar-refractivity contribution in [3.05, 3.63) is 0 Å².